The van der Waals surface area contributed by atoms with Gasteiger partial charge in [-0.15, -0.1) is 0 Å². The monoisotopic (exact) mass is 193 g/mol. The molecule has 1 aromatic carbocycles. The zero-order valence-corrected chi connectivity index (χ0v) is 9.17. The van der Waals surface area contributed by atoms with Gasteiger partial charge in [0.15, 0.2) is 0 Å². The number of aliphatic hydroxyl groups excluding tert-OH is 1. The molecule has 2 heteroatoms. The van der Waals surface area contributed by atoms with Crippen LogP contribution in [0, 0.1) is 13.8 Å². The van der Waals surface area contributed by atoms with E-state index < -0.39 is 0 Å². The molecule has 0 bridgehead atoms. The van der Waals surface area contributed by atoms with Gasteiger partial charge in [0.1, 0.15) is 0 Å². The third-order valence-corrected chi connectivity index (χ3v) is 2.39. The van der Waals surface area contributed by atoms with E-state index in [1.807, 2.05) is 0 Å². The van der Waals surface area contributed by atoms with Gasteiger partial charge in [0.25, 0.3) is 0 Å². The molecule has 1 rings (SSSR count). The van der Waals surface area contributed by atoms with Crippen LogP contribution in [0.3, 0.4) is 0 Å². The fraction of sp³-hybridized carbons (Fsp3) is 0.500. The van der Waals surface area contributed by atoms with Crippen LogP contribution in [0.25, 0.3) is 0 Å². The van der Waals surface area contributed by atoms with Gasteiger partial charge in [-0.25, -0.2) is 0 Å². The van der Waals surface area contributed by atoms with Gasteiger partial charge >= 0.3 is 0 Å². The molecule has 0 amide bonds. The summed E-state index contributed by atoms with van der Waals surface area (Å²) in [7, 11) is 0. The van der Waals surface area contributed by atoms with Crippen molar-refractivity contribution in [2.24, 2.45) is 0 Å². The molecule has 1 atom stereocenters. The first-order chi connectivity index (χ1) is 6.61. The summed E-state index contributed by atoms with van der Waals surface area (Å²) in [5.74, 6) is 0. The first-order valence-corrected chi connectivity index (χ1v) is 5.05. The number of aliphatic hydroxyl groups is 1. The molecule has 0 aliphatic carbocycles. The van der Waals surface area contributed by atoms with E-state index in [1.165, 1.54) is 16.7 Å². The fourth-order valence-corrected chi connectivity index (χ4v) is 1.53. The second-order valence-corrected chi connectivity index (χ2v) is 3.85. The Labute approximate surface area is 86.0 Å². The van der Waals surface area contributed by atoms with E-state index in [4.69, 9.17) is 5.11 Å². The summed E-state index contributed by atoms with van der Waals surface area (Å²) in [5.41, 5.74) is 3.96. The second-order valence-electron chi connectivity index (χ2n) is 3.85. The Morgan fingerprint density at radius 1 is 1.29 bits per heavy atom. The number of hydrogen-bond acceptors (Lipinski definition) is 2. The van der Waals surface area contributed by atoms with Crippen molar-refractivity contribution in [2.45, 2.75) is 33.4 Å². The first-order valence-electron chi connectivity index (χ1n) is 5.05. The summed E-state index contributed by atoms with van der Waals surface area (Å²) in [6.07, 6.45) is -0.278. The highest BCUT2D eigenvalue weighted by molar-refractivity contribution is 5.33. The van der Waals surface area contributed by atoms with Gasteiger partial charge in [-0.05, 0) is 37.5 Å². The van der Waals surface area contributed by atoms with E-state index in [2.05, 4.69) is 37.4 Å². The van der Waals surface area contributed by atoms with Crippen LogP contribution >= 0.6 is 0 Å². The van der Waals surface area contributed by atoms with Crippen molar-refractivity contribution in [2.75, 3.05) is 6.54 Å². The molecule has 0 radical (unpaired) electrons. The Kier molecular flexibility index (Phi) is 4.11. The summed E-state index contributed by atoms with van der Waals surface area (Å²) >= 11 is 0. The van der Waals surface area contributed by atoms with Crippen LogP contribution in [-0.2, 0) is 6.54 Å². The molecule has 14 heavy (non-hydrogen) atoms. The standard InChI is InChI=1S/C12H19NO/c1-9-5-4-6-10(2)12(9)8-13-7-11(3)14/h4-6,11,13-14H,7-8H2,1-3H3/t11-/m0/s1. The molecular weight excluding hydrogens is 174 g/mol. The van der Waals surface area contributed by atoms with E-state index >= 15 is 0 Å². The lowest BCUT2D eigenvalue weighted by Crippen LogP contribution is -2.24. The van der Waals surface area contributed by atoms with E-state index in [9.17, 15) is 0 Å². The predicted molar refractivity (Wildman–Crippen MR) is 59.3 cm³/mol. The van der Waals surface area contributed by atoms with Crippen LogP contribution in [-0.4, -0.2) is 17.8 Å². The van der Waals surface area contributed by atoms with Gasteiger partial charge < -0.3 is 10.4 Å². The van der Waals surface area contributed by atoms with Crippen LogP contribution in [0.15, 0.2) is 18.2 Å². The first kappa shape index (κ1) is 11.2. The van der Waals surface area contributed by atoms with Gasteiger partial charge in [-0.1, -0.05) is 18.2 Å². The quantitative estimate of drug-likeness (QED) is 0.764. The van der Waals surface area contributed by atoms with Crippen molar-refractivity contribution in [3.05, 3.63) is 34.9 Å². The Morgan fingerprint density at radius 2 is 1.86 bits per heavy atom. The van der Waals surface area contributed by atoms with Crippen LogP contribution in [0.5, 0.6) is 0 Å². The molecular formula is C12H19NO. The maximum atomic E-state index is 9.11. The summed E-state index contributed by atoms with van der Waals surface area (Å²) < 4.78 is 0. The lowest BCUT2D eigenvalue weighted by Gasteiger charge is -2.11. The summed E-state index contributed by atoms with van der Waals surface area (Å²) in [6, 6.07) is 6.31. The minimum absolute atomic E-state index is 0.278. The predicted octanol–water partition coefficient (Wildman–Crippen LogP) is 1.77. The number of benzene rings is 1. The number of aryl methyl sites for hydroxylation is 2. The van der Waals surface area contributed by atoms with Crippen molar-refractivity contribution in [3.8, 4) is 0 Å². The lowest BCUT2D eigenvalue weighted by atomic mass is 10.0. The highest BCUT2D eigenvalue weighted by atomic mass is 16.3. The Balaban J connectivity index is 2.58. The largest absolute Gasteiger partial charge is 0.392 e. The number of rotatable bonds is 4. The van der Waals surface area contributed by atoms with E-state index in [1.54, 1.807) is 6.92 Å². The maximum Gasteiger partial charge on any atom is 0.0636 e. The molecule has 0 unspecified atom stereocenters. The minimum atomic E-state index is -0.278. The second kappa shape index (κ2) is 5.13. The highest BCUT2D eigenvalue weighted by Gasteiger charge is 2.01. The molecule has 1 aromatic rings. The van der Waals surface area contributed by atoms with Crippen LogP contribution in [0.1, 0.15) is 23.6 Å². The lowest BCUT2D eigenvalue weighted by molar-refractivity contribution is 0.191. The van der Waals surface area contributed by atoms with Crippen LogP contribution < -0.4 is 5.32 Å². The number of hydrogen-bond donors (Lipinski definition) is 2. The van der Waals surface area contributed by atoms with Gasteiger partial charge in [-0.2, -0.15) is 0 Å². The van der Waals surface area contributed by atoms with Crippen molar-refractivity contribution < 1.29 is 5.11 Å². The normalized spacial score (nSPS) is 12.9. The molecule has 2 nitrogen and oxygen atoms in total. The molecule has 0 saturated carbocycles. The van der Waals surface area contributed by atoms with E-state index in [-0.39, 0.29) is 6.10 Å². The summed E-state index contributed by atoms with van der Waals surface area (Å²) in [4.78, 5) is 0. The smallest absolute Gasteiger partial charge is 0.0636 e. The van der Waals surface area contributed by atoms with Crippen LogP contribution in [0.2, 0.25) is 0 Å². The average molecular weight is 193 g/mol. The molecule has 0 heterocycles. The summed E-state index contributed by atoms with van der Waals surface area (Å²) in [5, 5.41) is 12.3. The zero-order chi connectivity index (χ0) is 10.6. The van der Waals surface area contributed by atoms with Gasteiger partial charge in [0.2, 0.25) is 0 Å². The Morgan fingerprint density at radius 3 is 2.36 bits per heavy atom. The Bertz CT molecular complexity index is 274. The number of nitrogens with one attached hydrogen (secondary N) is 1. The third kappa shape index (κ3) is 3.13. The van der Waals surface area contributed by atoms with Gasteiger partial charge in [0, 0.05) is 13.1 Å². The molecule has 0 saturated heterocycles. The fourth-order valence-electron chi connectivity index (χ4n) is 1.53. The van der Waals surface area contributed by atoms with E-state index in [0.717, 1.165) is 6.54 Å². The molecule has 0 fully saturated rings. The van der Waals surface area contributed by atoms with Crippen molar-refractivity contribution in [1.82, 2.24) is 5.32 Å². The zero-order valence-electron chi connectivity index (χ0n) is 9.17. The molecule has 78 valence electrons. The topological polar surface area (TPSA) is 32.3 Å². The average Bonchev–Trinajstić information content (AvgIpc) is 2.09. The van der Waals surface area contributed by atoms with Gasteiger partial charge in [-0.3, -0.25) is 0 Å². The maximum absolute atomic E-state index is 9.11. The molecule has 2 N–H and O–H groups in total. The van der Waals surface area contributed by atoms with Gasteiger partial charge in [0.05, 0.1) is 6.10 Å². The van der Waals surface area contributed by atoms with Crippen LogP contribution in [0.4, 0.5) is 0 Å². The molecule has 0 aliphatic heterocycles. The van der Waals surface area contributed by atoms with Crippen molar-refractivity contribution >= 4 is 0 Å². The Hall–Kier alpha value is -0.860. The minimum Gasteiger partial charge on any atom is -0.392 e. The third-order valence-electron chi connectivity index (χ3n) is 2.39. The highest BCUT2D eigenvalue weighted by Crippen LogP contribution is 2.12. The van der Waals surface area contributed by atoms with E-state index in [0.29, 0.717) is 6.54 Å². The van der Waals surface area contributed by atoms with Crippen molar-refractivity contribution in [1.29, 1.82) is 0 Å². The summed E-state index contributed by atoms with van der Waals surface area (Å²) in [6.45, 7) is 7.51. The molecule has 0 aromatic heterocycles. The molecule has 0 spiro atoms. The molecule has 0 aliphatic rings. The van der Waals surface area contributed by atoms with Crippen molar-refractivity contribution in [3.63, 3.8) is 0 Å². The SMILES string of the molecule is Cc1cccc(C)c1CNC[C@H](C)O.